The lowest BCUT2D eigenvalue weighted by Crippen LogP contribution is -2.44. The van der Waals surface area contributed by atoms with Crippen molar-refractivity contribution in [2.45, 2.75) is 12.0 Å². The molecule has 1 amide bonds. The maximum absolute atomic E-state index is 12.3. The second-order valence-electron chi connectivity index (χ2n) is 6.19. The lowest BCUT2D eigenvalue weighted by atomic mass is 10.0. The number of β-amino-alcohol motifs (C(OH)–C–C–N with tert-alkyl or cyclic N) is 1. The van der Waals surface area contributed by atoms with Gasteiger partial charge in [-0.15, -0.1) is 0 Å². The molecule has 0 aliphatic carbocycles. The van der Waals surface area contributed by atoms with Crippen LogP contribution in [0.5, 0.6) is 11.8 Å². The Bertz CT molecular complexity index is 751. The van der Waals surface area contributed by atoms with E-state index in [2.05, 4.69) is 20.6 Å². The molecule has 1 aliphatic rings. The van der Waals surface area contributed by atoms with Gasteiger partial charge in [0.25, 0.3) is 5.91 Å². The van der Waals surface area contributed by atoms with Gasteiger partial charge >= 0.3 is 0 Å². The van der Waals surface area contributed by atoms with Crippen molar-refractivity contribution < 1.29 is 19.4 Å². The molecule has 3 rings (SSSR count). The van der Waals surface area contributed by atoms with Crippen LogP contribution in [-0.4, -0.2) is 60.4 Å². The molecular formula is C18H22N4O4. The Kier molecular flexibility index (Phi) is 5.34. The molecule has 0 radical (unpaired) electrons. The standard InChI is InChI=1S/C18H22N4O4/c1-25-14-9-15(26-2)22-16(21-14)12-3-5-13(6-4-12)17(23)20-11-18(24)7-8-19-10-18/h3-6,9,19,24H,7-8,10-11H2,1-2H3,(H,20,23). The number of amides is 1. The molecule has 2 aromatic rings. The van der Waals surface area contributed by atoms with Gasteiger partial charge in [0, 0.05) is 24.2 Å². The van der Waals surface area contributed by atoms with Gasteiger partial charge in [0.15, 0.2) is 5.82 Å². The molecule has 1 unspecified atom stereocenters. The van der Waals surface area contributed by atoms with E-state index in [4.69, 9.17) is 9.47 Å². The molecule has 1 aromatic carbocycles. The lowest BCUT2D eigenvalue weighted by Gasteiger charge is -2.21. The zero-order valence-corrected chi connectivity index (χ0v) is 14.8. The van der Waals surface area contributed by atoms with Crippen LogP contribution in [0, 0.1) is 0 Å². The fraction of sp³-hybridized carbons (Fsp3) is 0.389. The molecule has 0 spiro atoms. The second kappa shape index (κ2) is 7.67. The predicted octanol–water partition coefficient (Wildman–Crippen LogP) is 0.615. The summed E-state index contributed by atoms with van der Waals surface area (Å²) in [4.78, 5) is 20.9. The number of carbonyl (C=O) groups excluding carboxylic acids is 1. The minimum atomic E-state index is -0.874. The van der Waals surface area contributed by atoms with E-state index in [1.54, 1.807) is 30.3 Å². The van der Waals surface area contributed by atoms with Gasteiger partial charge < -0.3 is 25.2 Å². The van der Waals surface area contributed by atoms with Gasteiger partial charge in [-0.25, -0.2) is 0 Å². The molecule has 1 aliphatic heterocycles. The van der Waals surface area contributed by atoms with Crippen LogP contribution in [0.15, 0.2) is 30.3 Å². The smallest absolute Gasteiger partial charge is 0.251 e. The van der Waals surface area contributed by atoms with E-state index in [0.717, 1.165) is 12.1 Å². The number of benzene rings is 1. The summed E-state index contributed by atoms with van der Waals surface area (Å²) in [7, 11) is 3.04. The average Bonchev–Trinajstić information content (AvgIpc) is 3.12. The number of rotatable bonds is 6. The highest BCUT2D eigenvalue weighted by molar-refractivity contribution is 5.94. The molecule has 1 atom stereocenters. The summed E-state index contributed by atoms with van der Waals surface area (Å²) in [6, 6.07) is 8.49. The van der Waals surface area contributed by atoms with Crippen LogP contribution < -0.4 is 20.1 Å². The van der Waals surface area contributed by atoms with Crippen LogP contribution >= 0.6 is 0 Å². The Morgan fingerprint density at radius 1 is 1.23 bits per heavy atom. The molecule has 0 saturated carbocycles. The van der Waals surface area contributed by atoms with Crippen LogP contribution in [0.25, 0.3) is 11.4 Å². The summed E-state index contributed by atoms with van der Waals surface area (Å²) in [5.41, 5.74) is 0.358. The van der Waals surface area contributed by atoms with Crippen molar-refractivity contribution in [3.63, 3.8) is 0 Å². The number of aliphatic hydroxyl groups is 1. The molecule has 1 fully saturated rings. The lowest BCUT2D eigenvalue weighted by molar-refractivity contribution is 0.0562. The van der Waals surface area contributed by atoms with Crippen LogP contribution in [0.4, 0.5) is 0 Å². The fourth-order valence-corrected chi connectivity index (χ4v) is 2.74. The first-order chi connectivity index (χ1) is 12.5. The number of ether oxygens (including phenoxy) is 2. The second-order valence-corrected chi connectivity index (χ2v) is 6.19. The molecule has 1 aromatic heterocycles. The Hall–Kier alpha value is -2.71. The third-order valence-electron chi connectivity index (χ3n) is 4.30. The van der Waals surface area contributed by atoms with E-state index in [-0.39, 0.29) is 12.5 Å². The molecule has 8 heteroatoms. The quantitative estimate of drug-likeness (QED) is 0.695. The topological polar surface area (TPSA) is 106 Å². The van der Waals surface area contributed by atoms with Gasteiger partial charge in [-0.05, 0) is 25.1 Å². The molecule has 8 nitrogen and oxygen atoms in total. The normalized spacial score (nSPS) is 19.2. The van der Waals surface area contributed by atoms with Crippen molar-refractivity contribution in [2.24, 2.45) is 0 Å². The predicted molar refractivity (Wildman–Crippen MR) is 95.3 cm³/mol. The number of hydrogen-bond donors (Lipinski definition) is 3. The zero-order chi connectivity index (χ0) is 18.6. The van der Waals surface area contributed by atoms with Gasteiger partial charge in [-0.3, -0.25) is 4.79 Å². The molecular weight excluding hydrogens is 336 g/mol. The van der Waals surface area contributed by atoms with Gasteiger partial charge in [-0.2, -0.15) is 9.97 Å². The first-order valence-electron chi connectivity index (χ1n) is 8.32. The van der Waals surface area contributed by atoms with E-state index >= 15 is 0 Å². The molecule has 1 saturated heterocycles. The largest absolute Gasteiger partial charge is 0.481 e. The van der Waals surface area contributed by atoms with Gasteiger partial charge in [0.2, 0.25) is 11.8 Å². The number of nitrogens with zero attached hydrogens (tertiary/aromatic N) is 2. The highest BCUT2D eigenvalue weighted by atomic mass is 16.5. The third-order valence-corrected chi connectivity index (χ3v) is 4.30. The molecule has 26 heavy (non-hydrogen) atoms. The number of hydrogen-bond acceptors (Lipinski definition) is 7. The summed E-state index contributed by atoms with van der Waals surface area (Å²) >= 11 is 0. The van der Waals surface area contributed by atoms with Crippen molar-refractivity contribution in [3.05, 3.63) is 35.9 Å². The first kappa shape index (κ1) is 18.1. The number of methoxy groups -OCH3 is 2. The highest BCUT2D eigenvalue weighted by Crippen LogP contribution is 2.23. The van der Waals surface area contributed by atoms with Crippen LogP contribution in [0.1, 0.15) is 16.8 Å². The van der Waals surface area contributed by atoms with E-state index < -0.39 is 5.60 Å². The summed E-state index contributed by atoms with van der Waals surface area (Å²) in [5, 5.41) is 16.1. The minimum absolute atomic E-state index is 0.219. The Labute approximate surface area is 151 Å². The van der Waals surface area contributed by atoms with E-state index in [0.29, 0.717) is 36.1 Å². The summed E-state index contributed by atoms with van der Waals surface area (Å²) in [6.07, 6.45) is 0.626. The van der Waals surface area contributed by atoms with E-state index in [1.807, 2.05) is 0 Å². The zero-order valence-electron chi connectivity index (χ0n) is 14.8. The number of carbonyl (C=O) groups is 1. The molecule has 2 heterocycles. The summed E-state index contributed by atoms with van der Waals surface area (Å²) in [5.74, 6) is 1.000. The molecule has 138 valence electrons. The van der Waals surface area contributed by atoms with Crippen molar-refractivity contribution in [1.82, 2.24) is 20.6 Å². The van der Waals surface area contributed by atoms with E-state index in [1.165, 1.54) is 14.2 Å². The molecule has 3 N–H and O–H groups in total. The monoisotopic (exact) mass is 358 g/mol. The van der Waals surface area contributed by atoms with E-state index in [9.17, 15) is 9.90 Å². The van der Waals surface area contributed by atoms with Crippen LogP contribution in [-0.2, 0) is 0 Å². The van der Waals surface area contributed by atoms with Crippen LogP contribution in [0.2, 0.25) is 0 Å². The van der Waals surface area contributed by atoms with Crippen molar-refractivity contribution >= 4 is 5.91 Å². The van der Waals surface area contributed by atoms with Crippen molar-refractivity contribution in [2.75, 3.05) is 33.9 Å². The first-order valence-corrected chi connectivity index (χ1v) is 8.32. The fourth-order valence-electron chi connectivity index (χ4n) is 2.74. The Balaban J connectivity index is 1.71. The van der Waals surface area contributed by atoms with Crippen LogP contribution in [0.3, 0.4) is 0 Å². The van der Waals surface area contributed by atoms with Gasteiger partial charge in [0.05, 0.1) is 25.9 Å². The Morgan fingerprint density at radius 2 is 1.88 bits per heavy atom. The third kappa shape index (κ3) is 4.09. The summed E-state index contributed by atoms with van der Waals surface area (Å²) < 4.78 is 10.3. The number of aromatic nitrogens is 2. The van der Waals surface area contributed by atoms with Gasteiger partial charge in [0.1, 0.15) is 0 Å². The van der Waals surface area contributed by atoms with Crippen molar-refractivity contribution in [3.8, 4) is 23.1 Å². The average molecular weight is 358 g/mol. The SMILES string of the molecule is COc1cc(OC)nc(-c2ccc(C(=O)NCC3(O)CCNC3)cc2)n1. The summed E-state index contributed by atoms with van der Waals surface area (Å²) in [6.45, 7) is 1.46. The van der Waals surface area contributed by atoms with Crippen molar-refractivity contribution in [1.29, 1.82) is 0 Å². The van der Waals surface area contributed by atoms with Gasteiger partial charge in [-0.1, -0.05) is 12.1 Å². The number of nitrogens with one attached hydrogen (secondary N) is 2. The highest BCUT2D eigenvalue weighted by Gasteiger charge is 2.31. The Morgan fingerprint density at radius 3 is 2.42 bits per heavy atom. The maximum Gasteiger partial charge on any atom is 0.251 e. The molecule has 0 bridgehead atoms. The minimum Gasteiger partial charge on any atom is -0.481 e. The maximum atomic E-state index is 12.3.